The molecule has 42 heavy (non-hydrogen) atoms. The summed E-state index contributed by atoms with van der Waals surface area (Å²) in [5.41, 5.74) is 10.5. The van der Waals surface area contributed by atoms with Gasteiger partial charge in [0, 0.05) is 37.5 Å². The second-order valence-corrected chi connectivity index (χ2v) is 10.4. The predicted molar refractivity (Wildman–Crippen MR) is 163 cm³/mol. The molecule has 0 aliphatic carbocycles. The van der Waals surface area contributed by atoms with Crippen molar-refractivity contribution in [2.45, 2.75) is 45.0 Å². The average molecular weight is 563 g/mol. The molecule has 5 rings (SSSR count). The zero-order chi connectivity index (χ0) is 29.3. The predicted octanol–water partition coefficient (Wildman–Crippen LogP) is 5.30. The van der Waals surface area contributed by atoms with Gasteiger partial charge in [0.2, 0.25) is 11.8 Å². The van der Waals surface area contributed by atoms with E-state index in [0.717, 1.165) is 16.7 Å². The molecule has 8 nitrogen and oxygen atoms in total. The van der Waals surface area contributed by atoms with Crippen LogP contribution in [0.5, 0.6) is 5.75 Å². The van der Waals surface area contributed by atoms with Gasteiger partial charge in [-0.2, -0.15) is 0 Å². The molecular formula is C34H34N4O4. The van der Waals surface area contributed by atoms with E-state index >= 15 is 0 Å². The van der Waals surface area contributed by atoms with Crippen molar-refractivity contribution in [3.63, 3.8) is 0 Å². The van der Waals surface area contributed by atoms with Gasteiger partial charge >= 0.3 is 0 Å². The molecule has 4 aromatic carbocycles. The van der Waals surface area contributed by atoms with Crippen LogP contribution in [-0.4, -0.2) is 28.7 Å². The lowest BCUT2D eigenvalue weighted by Crippen LogP contribution is -2.36. The van der Waals surface area contributed by atoms with Crippen LogP contribution < -0.4 is 21.1 Å². The normalized spacial score (nSPS) is 14.4. The van der Waals surface area contributed by atoms with Crippen molar-refractivity contribution < 1.29 is 19.1 Å². The van der Waals surface area contributed by atoms with E-state index in [0.29, 0.717) is 61.6 Å². The number of benzene rings is 4. The Morgan fingerprint density at radius 1 is 0.833 bits per heavy atom. The lowest BCUT2D eigenvalue weighted by Gasteiger charge is -2.24. The lowest BCUT2D eigenvalue weighted by atomic mass is 10.1. The quantitative estimate of drug-likeness (QED) is 0.215. The molecule has 1 fully saturated rings. The minimum Gasteiger partial charge on any atom is -0.489 e. The number of hydrogen-bond donors (Lipinski definition) is 3. The van der Waals surface area contributed by atoms with E-state index in [1.54, 1.807) is 24.3 Å². The molecule has 214 valence electrons. The van der Waals surface area contributed by atoms with Crippen molar-refractivity contribution in [1.82, 2.24) is 10.2 Å². The molecule has 1 saturated heterocycles. The number of likely N-dealkylation sites (tertiary alicyclic amines) is 1. The molecule has 0 aromatic heterocycles. The fourth-order valence-corrected chi connectivity index (χ4v) is 4.92. The minimum absolute atomic E-state index is 0.0538. The molecule has 1 atom stereocenters. The standard InChI is InChI=1S/C34H34N4O4/c35-30-8-4-5-9-31(30)37-34(41)27-14-10-26(11-15-27)23-42-29-17-12-25(13-18-29)22-38-28(16-19-33(38)40)20-32(39)36-21-24-6-2-1-3-7-24/h1-15,17-18,28H,16,19-23,35H2,(H,36,39)(H,37,41)/t28-/m0/s1. The fourth-order valence-electron chi connectivity index (χ4n) is 4.92. The van der Waals surface area contributed by atoms with E-state index in [4.69, 9.17) is 10.5 Å². The van der Waals surface area contributed by atoms with Gasteiger partial charge in [-0.3, -0.25) is 14.4 Å². The number of para-hydroxylation sites is 2. The van der Waals surface area contributed by atoms with Crippen LogP contribution in [0, 0.1) is 0 Å². The van der Waals surface area contributed by atoms with Gasteiger partial charge in [-0.05, 0) is 59.5 Å². The number of rotatable bonds is 11. The van der Waals surface area contributed by atoms with Crippen LogP contribution in [0.2, 0.25) is 0 Å². The summed E-state index contributed by atoms with van der Waals surface area (Å²) >= 11 is 0. The molecule has 4 N–H and O–H groups in total. The van der Waals surface area contributed by atoms with Gasteiger partial charge < -0.3 is 26.0 Å². The highest BCUT2D eigenvalue weighted by atomic mass is 16.5. The van der Waals surface area contributed by atoms with E-state index in [9.17, 15) is 14.4 Å². The maximum Gasteiger partial charge on any atom is 0.255 e. The third-order valence-electron chi connectivity index (χ3n) is 7.31. The van der Waals surface area contributed by atoms with E-state index in [2.05, 4.69) is 10.6 Å². The first-order valence-corrected chi connectivity index (χ1v) is 14.0. The molecule has 1 aliphatic rings. The fraction of sp³-hybridized carbons (Fsp3) is 0.206. The van der Waals surface area contributed by atoms with Crippen molar-refractivity contribution >= 4 is 29.1 Å². The first-order chi connectivity index (χ1) is 20.4. The zero-order valence-corrected chi connectivity index (χ0v) is 23.3. The summed E-state index contributed by atoms with van der Waals surface area (Å²) in [6.07, 6.45) is 1.43. The SMILES string of the molecule is Nc1ccccc1NC(=O)c1ccc(COc2ccc(CN3C(=O)CC[C@H]3CC(=O)NCc3ccccc3)cc2)cc1. The Kier molecular flexibility index (Phi) is 9.13. The van der Waals surface area contributed by atoms with Gasteiger partial charge in [-0.25, -0.2) is 0 Å². The molecule has 8 heteroatoms. The van der Waals surface area contributed by atoms with E-state index in [-0.39, 0.29) is 23.8 Å². The highest BCUT2D eigenvalue weighted by Crippen LogP contribution is 2.25. The summed E-state index contributed by atoms with van der Waals surface area (Å²) in [7, 11) is 0. The Morgan fingerprint density at radius 2 is 1.52 bits per heavy atom. The summed E-state index contributed by atoms with van der Waals surface area (Å²) in [4.78, 5) is 39.5. The van der Waals surface area contributed by atoms with Crippen LogP contribution in [0.4, 0.5) is 11.4 Å². The second kappa shape index (κ2) is 13.5. The maximum absolute atomic E-state index is 12.6. The number of nitrogens with two attached hydrogens (primary N) is 1. The van der Waals surface area contributed by atoms with Crippen molar-refractivity contribution in [2.75, 3.05) is 11.1 Å². The Bertz CT molecular complexity index is 1520. The number of nitrogens with one attached hydrogen (secondary N) is 2. The molecule has 0 spiro atoms. The van der Waals surface area contributed by atoms with Crippen LogP contribution in [0.25, 0.3) is 0 Å². The summed E-state index contributed by atoms with van der Waals surface area (Å²) < 4.78 is 5.94. The third-order valence-corrected chi connectivity index (χ3v) is 7.31. The lowest BCUT2D eigenvalue weighted by molar-refractivity contribution is -0.130. The van der Waals surface area contributed by atoms with Crippen LogP contribution in [0.3, 0.4) is 0 Å². The molecule has 1 heterocycles. The summed E-state index contributed by atoms with van der Waals surface area (Å²) in [5, 5.41) is 5.78. The van der Waals surface area contributed by atoms with Crippen LogP contribution in [0.15, 0.2) is 103 Å². The Labute approximate surface area is 245 Å². The zero-order valence-electron chi connectivity index (χ0n) is 23.3. The summed E-state index contributed by atoms with van der Waals surface area (Å²) in [6.45, 7) is 1.27. The van der Waals surface area contributed by atoms with Gasteiger partial charge in [-0.1, -0.05) is 66.7 Å². The molecule has 0 saturated carbocycles. The van der Waals surface area contributed by atoms with Crippen molar-refractivity contribution in [3.05, 3.63) is 125 Å². The number of anilines is 2. The van der Waals surface area contributed by atoms with Crippen LogP contribution >= 0.6 is 0 Å². The molecule has 3 amide bonds. The van der Waals surface area contributed by atoms with Crippen LogP contribution in [-0.2, 0) is 29.3 Å². The number of nitrogens with zero attached hydrogens (tertiary/aromatic N) is 1. The largest absolute Gasteiger partial charge is 0.489 e. The Morgan fingerprint density at radius 3 is 2.26 bits per heavy atom. The minimum atomic E-state index is -0.234. The molecular weight excluding hydrogens is 528 g/mol. The molecule has 4 aromatic rings. The van der Waals surface area contributed by atoms with Gasteiger partial charge in [0.05, 0.1) is 11.4 Å². The summed E-state index contributed by atoms with van der Waals surface area (Å²) in [6, 6.07) is 31.6. The van der Waals surface area contributed by atoms with Gasteiger partial charge in [0.1, 0.15) is 12.4 Å². The molecule has 0 bridgehead atoms. The maximum atomic E-state index is 12.6. The Hall–Kier alpha value is -5.11. The van der Waals surface area contributed by atoms with E-state index in [1.165, 1.54) is 0 Å². The topological polar surface area (TPSA) is 114 Å². The molecule has 0 unspecified atom stereocenters. The third kappa shape index (κ3) is 7.54. The first kappa shape index (κ1) is 28.4. The second-order valence-electron chi connectivity index (χ2n) is 10.4. The van der Waals surface area contributed by atoms with Gasteiger partial charge in [0.25, 0.3) is 5.91 Å². The Balaban J connectivity index is 1.09. The average Bonchev–Trinajstić information content (AvgIpc) is 3.35. The number of nitrogen functional groups attached to an aromatic ring is 1. The highest BCUT2D eigenvalue weighted by Gasteiger charge is 2.32. The monoisotopic (exact) mass is 562 g/mol. The molecule has 0 radical (unpaired) electrons. The number of amides is 3. The van der Waals surface area contributed by atoms with Gasteiger partial charge in [-0.15, -0.1) is 0 Å². The number of ether oxygens (including phenoxy) is 1. The first-order valence-electron chi connectivity index (χ1n) is 14.0. The van der Waals surface area contributed by atoms with Crippen LogP contribution in [0.1, 0.15) is 46.3 Å². The van der Waals surface area contributed by atoms with Crippen molar-refractivity contribution in [3.8, 4) is 5.75 Å². The smallest absolute Gasteiger partial charge is 0.255 e. The summed E-state index contributed by atoms with van der Waals surface area (Å²) in [5.74, 6) is 0.481. The number of carbonyl (C=O) groups is 3. The van der Waals surface area contributed by atoms with E-state index in [1.807, 2.05) is 83.8 Å². The molecule has 1 aliphatic heterocycles. The van der Waals surface area contributed by atoms with Crippen molar-refractivity contribution in [2.24, 2.45) is 0 Å². The van der Waals surface area contributed by atoms with Crippen molar-refractivity contribution in [1.29, 1.82) is 0 Å². The van der Waals surface area contributed by atoms with E-state index < -0.39 is 0 Å². The highest BCUT2D eigenvalue weighted by molar-refractivity contribution is 6.05. The number of carbonyl (C=O) groups excluding carboxylic acids is 3. The number of hydrogen-bond acceptors (Lipinski definition) is 5. The van der Waals surface area contributed by atoms with Gasteiger partial charge in [0.15, 0.2) is 0 Å².